The summed E-state index contributed by atoms with van der Waals surface area (Å²) in [4.78, 5) is 2.45. The van der Waals surface area contributed by atoms with Crippen LogP contribution in [0.25, 0.3) is 44.2 Å². The largest absolute Gasteiger partial charge is 0.456 e. The fraction of sp³-hybridized carbons (Fsp3) is 0.128. The molecule has 1 unspecified atom stereocenters. The third kappa shape index (κ3) is 3.94. The third-order valence-corrected chi connectivity index (χ3v) is 9.34. The number of benzene rings is 5. The van der Waals surface area contributed by atoms with Gasteiger partial charge in [-0.2, -0.15) is 0 Å². The molecule has 1 heterocycles. The van der Waals surface area contributed by atoms with Crippen LogP contribution in [0.1, 0.15) is 31.4 Å². The van der Waals surface area contributed by atoms with Gasteiger partial charge in [-0.1, -0.05) is 104 Å². The number of allylic oxidation sites excluding steroid dienone is 2. The molecule has 42 heavy (non-hydrogen) atoms. The maximum atomic E-state index is 6.35. The van der Waals surface area contributed by atoms with Crippen LogP contribution in [-0.2, 0) is 5.41 Å². The van der Waals surface area contributed by atoms with E-state index in [1.807, 2.05) is 18.2 Å². The van der Waals surface area contributed by atoms with Crippen LogP contribution in [0.4, 0.5) is 11.4 Å². The number of rotatable bonds is 4. The van der Waals surface area contributed by atoms with Gasteiger partial charge in [0.05, 0.1) is 6.04 Å². The Morgan fingerprint density at radius 2 is 1.40 bits per heavy atom. The quantitative estimate of drug-likeness (QED) is 0.212. The van der Waals surface area contributed by atoms with Crippen LogP contribution in [0.5, 0.6) is 0 Å². The van der Waals surface area contributed by atoms with E-state index in [1.165, 1.54) is 39.1 Å². The Morgan fingerprint density at radius 1 is 0.690 bits per heavy atom. The monoisotopic (exact) mass is 563 g/mol. The van der Waals surface area contributed by atoms with Gasteiger partial charge in [-0.05, 0) is 88.3 Å². The van der Waals surface area contributed by atoms with Crippen LogP contribution in [0.2, 0.25) is 0 Å². The zero-order valence-corrected chi connectivity index (χ0v) is 24.4. The van der Waals surface area contributed by atoms with Crippen molar-refractivity contribution >= 4 is 44.9 Å². The predicted octanol–water partition coefficient (Wildman–Crippen LogP) is 11.1. The summed E-state index contributed by atoms with van der Waals surface area (Å²) < 4.78 is 6.06. The van der Waals surface area contributed by atoms with Crippen molar-refractivity contribution in [2.45, 2.75) is 31.7 Å². The van der Waals surface area contributed by atoms with Gasteiger partial charge < -0.3 is 9.32 Å². The highest BCUT2D eigenvalue weighted by Crippen LogP contribution is 2.50. The highest BCUT2D eigenvalue weighted by atomic mass is 35.5. The second-order valence-electron chi connectivity index (χ2n) is 11.9. The van der Waals surface area contributed by atoms with Gasteiger partial charge in [0.1, 0.15) is 11.2 Å². The molecule has 3 heteroatoms. The summed E-state index contributed by atoms with van der Waals surface area (Å²) in [7, 11) is 0. The van der Waals surface area contributed by atoms with Crippen molar-refractivity contribution in [3.8, 4) is 22.3 Å². The van der Waals surface area contributed by atoms with Crippen LogP contribution in [-0.4, -0.2) is 6.04 Å². The molecule has 0 radical (unpaired) electrons. The number of para-hydroxylation sites is 1. The van der Waals surface area contributed by atoms with Crippen LogP contribution >= 0.6 is 11.6 Å². The van der Waals surface area contributed by atoms with E-state index in [0.29, 0.717) is 0 Å². The topological polar surface area (TPSA) is 16.4 Å². The van der Waals surface area contributed by atoms with Gasteiger partial charge in [-0.25, -0.2) is 0 Å². The Balaban J connectivity index is 1.20. The first-order valence-electron chi connectivity index (χ1n) is 14.6. The molecule has 5 aromatic carbocycles. The normalized spacial score (nSPS) is 16.8. The molecule has 0 aliphatic heterocycles. The van der Waals surface area contributed by atoms with Gasteiger partial charge in [0.2, 0.25) is 0 Å². The molecule has 2 aliphatic carbocycles. The molecule has 2 nitrogen and oxygen atoms in total. The van der Waals surface area contributed by atoms with E-state index in [1.54, 1.807) is 0 Å². The van der Waals surface area contributed by atoms with Gasteiger partial charge in [0.25, 0.3) is 0 Å². The van der Waals surface area contributed by atoms with E-state index in [9.17, 15) is 0 Å². The summed E-state index contributed by atoms with van der Waals surface area (Å²) in [5, 5.41) is 3.09. The Bertz CT molecular complexity index is 2060. The minimum Gasteiger partial charge on any atom is -0.456 e. The molecule has 0 saturated carbocycles. The first-order valence-corrected chi connectivity index (χ1v) is 14.9. The van der Waals surface area contributed by atoms with E-state index in [-0.39, 0.29) is 11.5 Å². The lowest BCUT2D eigenvalue weighted by atomic mass is 9.82. The number of hydrogen-bond acceptors (Lipinski definition) is 2. The van der Waals surface area contributed by atoms with Crippen molar-refractivity contribution in [3.63, 3.8) is 0 Å². The predicted molar refractivity (Wildman–Crippen MR) is 177 cm³/mol. The molecule has 0 fully saturated rings. The fourth-order valence-corrected chi connectivity index (χ4v) is 7.03. The molecule has 1 atom stereocenters. The standard InChI is InChI=1S/C39H30ClNO/c1-39(2)35-9-5-3-7-31(35)32-21-20-30(24-36(32)39)41(29-18-14-27(40)15-19-29)28-16-11-25(12-17-28)26-13-22-38-34(23-26)33-8-4-6-10-37(33)42-38/h3-18,20-24,29H,19H2,1-2H3. The molecule has 2 aliphatic rings. The number of hydrogen-bond donors (Lipinski definition) is 0. The van der Waals surface area contributed by atoms with E-state index in [4.69, 9.17) is 16.0 Å². The Morgan fingerprint density at radius 3 is 2.24 bits per heavy atom. The summed E-state index contributed by atoms with van der Waals surface area (Å²) in [5.74, 6) is 0. The highest BCUT2D eigenvalue weighted by Gasteiger charge is 2.36. The van der Waals surface area contributed by atoms with Crippen molar-refractivity contribution < 1.29 is 4.42 Å². The summed E-state index contributed by atoms with van der Waals surface area (Å²) >= 11 is 6.35. The maximum absolute atomic E-state index is 6.35. The van der Waals surface area contributed by atoms with Crippen LogP contribution in [0.3, 0.4) is 0 Å². The van der Waals surface area contributed by atoms with Gasteiger partial charge >= 0.3 is 0 Å². The molecule has 1 aromatic heterocycles. The minimum absolute atomic E-state index is 0.0566. The van der Waals surface area contributed by atoms with Gasteiger partial charge in [0.15, 0.2) is 0 Å². The Hall–Kier alpha value is -4.53. The molecule has 0 saturated heterocycles. The number of anilines is 2. The summed E-state index contributed by atoms with van der Waals surface area (Å²) in [6, 6.07) is 39.6. The van der Waals surface area contributed by atoms with Gasteiger partial charge in [-0.3, -0.25) is 0 Å². The second-order valence-corrected chi connectivity index (χ2v) is 12.3. The van der Waals surface area contributed by atoms with E-state index in [2.05, 4.69) is 128 Å². The van der Waals surface area contributed by atoms with Crippen LogP contribution in [0, 0.1) is 0 Å². The lowest BCUT2D eigenvalue weighted by Crippen LogP contribution is -2.30. The van der Waals surface area contributed by atoms with Crippen molar-refractivity contribution in [1.82, 2.24) is 0 Å². The van der Waals surface area contributed by atoms with Crippen molar-refractivity contribution in [3.05, 3.63) is 144 Å². The lowest BCUT2D eigenvalue weighted by molar-refractivity contribution is 0.659. The molecule has 0 bridgehead atoms. The van der Waals surface area contributed by atoms with Crippen molar-refractivity contribution in [2.24, 2.45) is 0 Å². The van der Waals surface area contributed by atoms with Crippen LogP contribution < -0.4 is 4.90 Å². The van der Waals surface area contributed by atoms with E-state index in [0.717, 1.165) is 39.1 Å². The summed E-state index contributed by atoms with van der Waals surface area (Å²) in [6.07, 6.45) is 7.21. The van der Waals surface area contributed by atoms with E-state index < -0.39 is 0 Å². The number of halogens is 1. The van der Waals surface area contributed by atoms with E-state index >= 15 is 0 Å². The Kier molecular flexibility index (Phi) is 5.70. The summed E-state index contributed by atoms with van der Waals surface area (Å²) in [6.45, 7) is 4.67. The molecule has 0 amide bonds. The highest BCUT2D eigenvalue weighted by molar-refractivity contribution is 6.31. The molecule has 0 N–H and O–H groups in total. The Labute approximate surface area is 251 Å². The minimum atomic E-state index is -0.0566. The average Bonchev–Trinajstić information content (AvgIpc) is 3.50. The second kappa shape index (κ2) is 9.51. The first kappa shape index (κ1) is 25.2. The molecule has 204 valence electrons. The maximum Gasteiger partial charge on any atom is 0.135 e. The van der Waals surface area contributed by atoms with Gasteiger partial charge in [0, 0.05) is 32.6 Å². The zero-order valence-electron chi connectivity index (χ0n) is 23.6. The van der Waals surface area contributed by atoms with Crippen molar-refractivity contribution in [1.29, 1.82) is 0 Å². The fourth-order valence-electron chi connectivity index (χ4n) is 6.87. The number of nitrogens with zero attached hydrogens (tertiary/aromatic N) is 1. The van der Waals surface area contributed by atoms with Crippen molar-refractivity contribution in [2.75, 3.05) is 4.90 Å². The summed E-state index contributed by atoms with van der Waals surface area (Å²) in [5.41, 5.74) is 11.9. The molecule has 0 spiro atoms. The number of fused-ring (bicyclic) bond motifs is 6. The smallest absolute Gasteiger partial charge is 0.135 e. The first-order chi connectivity index (χ1) is 20.5. The SMILES string of the molecule is CC1(C)c2ccccc2-c2ccc(N(c3ccc(-c4ccc5oc6ccccc6c5c4)cc3)C3C=CC(Cl)=CC3)cc21. The van der Waals surface area contributed by atoms with Gasteiger partial charge in [-0.15, -0.1) is 0 Å². The van der Waals surface area contributed by atoms with Crippen LogP contribution in [0.15, 0.2) is 137 Å². The zero-order chi connectivity index (χ0) is 28.4. The average molecular weight is 564 g/mol. The lowest BCUT2D eigenvalue weighted by Gasteiger charge is -2.34. The molecular weight excluding hydrogens is 534 g/mol. The third-order valence-electron chi connectivity index (χ3n) is 9.06. The number of furan rings is 1. The molecule has 6 aromatic rings. The molecular formula is C39H30ClNO. The molecule has 8 rings (SSSR count).